The van der Waals surface area contributed by atoms with Crippen LogP contribution < -0.4 is 10.0 Å². The molecule has 0 bridgehead atoms. The first-order valence-corrected chi connectivity index (χ1v) is 7.34. The number of sulfonamides is 1. The Morgan fingerprint density at radius 2 is 1.95 bits per heavy atom. The number of anilines is 1. The zero-order valence-corrected chi connectivity index (χ0v) is 11.9. The van der Waals surface area contributed by atoms with Crippen LogP contribution in [-0.4, -0.2) is 31.6 Å². The number of nitrogens with zero attached hydrogens (tertiary/aromatic N) is 1. The monoisotopic (exact) mass is 314 g/mol. The zero-order valence-electron chi connectivity index (χ0n) is 10.3. The van der Waals surface area contributed by atoms with E-state index in [1.807, 2.05) is 0 Å². The molecule has 0 saturated carbocycles. The third-order valence-electron chi connectivity index (χ3n) is 2.45. The van der Waals surface area contributed by atoms with E-state index in [0.717, 1.165) is 0 Å². The summed E-state index contributed by atoms with van der Waals surface area (Å²) in [7, 11) is -2.39. The topological polar surface area (TPSA) is 104 Å². The summed E-state index contributed by atoms with van der Waals surface area (Å²) in [5.74, 6) is -0.500. The molecule has 0 aliphatic heterocycles. The normalized spacial score (nSPS) is 11.1. The number of hydrogen-bond donors (Lipinski definition) is 3. The van der Waals surface area contributed by atoms with E-state index >= 15 is 0 Å². The summed E-state index contributed by atoms with van der Waals surface area (Å²) in [4.78, 5) is 11.5. The first-order chi connectivity index (χ1) is 9.44. The predicted octanol–water partition coefficient (Wildman–Crippen LogP) is 1.22. The Balaban J connectivity index is 2.32. The van der Waals surface area contributed by atoms with Crippen LogP contribution in [0.2, 0.25) is 5.02 Å². The van der Waals surface area contributed by atoms with Gasteiger partial charge in [0.2, 0.25) is 0 Å². The lowest BCUT2D eigenvalue weighted by atomic mass is 10.3. The van der Waals surface area contributed by atoms with Crippen molar-refractivity contribution in [1.29, 1.82) is 0 Å². The maximum absolute atomic E-state index is 12.1. The van der Waals surface area contributed by atoms with E-state index in [2.05, 4.69) is 20.2 Å². The minimum Gasteiger partial charge on any atom is -0.354 e. The second-order valence-corrected chi connectivity index (χ2v) is 5.90. The van der Waals surface area contributed by atoms with Gasteiger partial charge in [0.05, 0.1) is 10.6 Å². The Kier molecular flexibility index (Phi) is 3.96. The number of rotatable bonds is 4. The second kappa shape index (κ2) is 5.51. The molecule has 106 valence electrons. The van der Waals surface area contributed by atoms with Crippen LogP contribution in [0.4, 0.5) is 5.69 Å². The Labute approximate surface area is 120 Å². The molecule has 20 heavy (non-hydrogen) atoms. The highest BCUT2D eigenvalue weighted by Crippen LogP contribution is 2.19. The van der Waals surface area contributed by atoms with Crippen molar-refractivity contribution < 1.29 is 13.2 Å². The molecular formula is C11H11ClN4O3S. The average molecular weight is 315 g/mol. The highest BCUT2D eigenvalue weighted by molar-refractivity contribution is 7.92. The lowest BCUT2D eigenvalue weighted by Gasteiger charge is -2.07. The van der Waals surface area contributed by atoms with E-state index < -0.39 is 15.9 Å². The highest BCUT2D eigenvalue weighted by Gasteiger charge is 2.20. The number of H-pyrrole nitrogens is 1. The third kappa shape index (κ3) is 2.91. The number of benzene rings is 1. The van der Waals surface area contributed by atoms with Gasteiger partial charge in [-0.1, -0.05) is 11.6 Å². The molecule has 0 atom stereocenters. The van der Waals surface area contributed by atoms with Gasteiger partial charge in [0.25, 0.3) is 15.9 Å². The summed E-state index contributed by atoms with van der Waals surface area (Å²) in [5, 5.41) is 8.93. The molecule has 0 aliphatic rings. The van der Waals surface area contributed by atoms with Crippen molar-refractivity contribution in [3.8, 4) is 0 Å². The summed E-state index contributed by atoms with van der Waals surface area (Å²) in [6.07, 6.45) is 1.29. The molecule has 1 heterocycles. The molecule has 1 aromatic heterocycles. The van der Waals surface area contributed by atoms with Crippen LogP contribution in [0.1, 0.15) is 10.5 Å². The number of aromatic nitrogens is 2. The molecule has 9 heteroatoms. The van der Waals surface area contributed by atoms with Crippen LogP contribution in [0.3, 0.4) is 0 Å². The van der Waals surface area contributed by atoms with E-state index in [9.17, 15) is 13.2 Å². The fraction of sp³-hybridized carbons (Fsp3) is 0.0909. The van der Waals surface area contributed by atoms with Gasteiger partial charge in [-0.25, -0.2) is 8.42 Å². The lowest BCUT2D eigenvalue weighted by Crippen LogP contribution is -2.21. The molecule has 0 aliphatic carbocycles. The lowest BCUT2D eigenvalue weighted by molar-refractivity contribution is 0.0959. The number of halogens is 1. The summed E-state index contributed by atoms with van der Waals surface area (Å²) in [6.45, 7) is 0. The fourth-order valence-electron chi connectivity index (χ4n) is 1.48. The van der Waals surface area contributed by atoms with Gasteiger partial charge in [-0.2, -0.15) is 5.10 Å². The number of nitrogens with one attached hydrogen (secondary N) is 3. The standard InChI is InChI=1S/C11H11ClN4O3S/c1-13-11(17)10-9(6-14-15-10)16-20(18,19)8-4-2-7(12)3-5-8/h2-6,16H,1H3,(H,13,17)(H,14,15). The predicted molar refractivity (Wildman–Crippen MR) is 74.2 cm³/mol. The number of amides is 1. The van der Waals surface area contributed by atoms with Gasteiger partial charge in [-0.05, 0) is 24.3 Å². The van der Waals surface area contributed by atoms with Crippen molar-refractivity contribution in [3.63, 3.8) is 0 Å². The van der Waals surface area contributed by atoms with Crippen molar-refractivity contribution in [2.24, 2.45) is 0 Å². The van der Waals surface area contributed by atoms with Crippen LogP contribution in [0.25, 0.3) is 0 Å². The average Bonchev–Trinajstić information content (AvgIpc) is 2.85. The number of hydrogen-bond acceptors (Lipinski definition) is 4. The van der Waals surface area contributed by atoms with Gasteiger partial charge in [-0.15, -0.1) is 0 Å². The van der Waals surface area contributed by atoms with Gasteiger partial charge in [0.15, 0.2) is 5.69 Å². The molecule has 7 nitrogen and oxygen atoms in total. The molecule has 0 radical (unpaired) electrons. The summed E-state index contributed by atoms with van der Waals surface area (Å²) in [6, 6.07) is 5.66. The summed E-state index contributed by atoms with van der Waals surface area (Å²) in [5.41, 5.74) is 0.0318. The molecule has 2 aromatic rings. The number of aromatic amines is 1. The van der Waals surface area contributed by atoms with E-state index in [1.165, 1.54) is 37.5 Å². The SMILES string of the molecule is CNC(=O)c1n[nH]cc1NS(=O)(=O)c1ccc(Cl)cc1. The third-order valence-corrected chi connectivity index (χ3v) is 4.08. The van der Waals surface area contributed by atoms with Gasteiger partial charge in [-0.3, -0.25) is 14.6 Å². The molecule has 1 amide bonds. The van der Waals surface area contributed by atoms with Crippen molar-refractivity contribution in [1.82, 2.24) is 15.5 Å². The van der Waals surface area contributed by atoms with Crippen molar-refractivity contribution in [3.05, 3.63) is 41.2 Å². The molecule has 0 saturated heterocycles. The summed E-state index contributed by atoms with van der Waals surface area (Å²) < 4.78 is 26.6. The van der Waals surface area contributed by atoms with Gasteiger partial charge >= 0.3 is 0 Å². The molecular weight excluding hydrogens is 304 g/mol. The Morgan fingerprint density at radius 1 is 1.30 bits per heavy atom. The largest absolute Gasteiger partial charge is 0.354 e. The first kappa shape index (κ1) is 14.4. The van der Waals surface area contributed by atoms with Crippen molar-refractivity contribution in [2.45, 2.75) is 4.90 Å². The maximum Gasteiger partial charge on any atom is 0.273 e. The van der Waals surface area contributed by atoms with Crippen LogP contribution in [0, 0.1) is 0 Å². The van der Waals surface area contributed by atoms with E-state index in [1.54, 1.807) is 0 Å². The smallest absolute Gasteiger partial charge is 0.273 e. The molecule has 0 spiro atoms. The quantitative estimate of drug-likeness (QED) is 0.789. The minimum atomic E-state index is -3.81. The molecule has 3 N–H and O–H groups in total. The Hall–Kier alpha value is -2.06. The van der Waals surface area contributed by atoms with Crippen molar-refractivity contribution >= 4 is 33.2 Å². The summed E-state index contributed by atoms with van der Waals surface area (Å²) >= 11 is 5.71. The molecule has 2 rings (SSSR count). The highest BCUT2D eigenvalue weighted by atomic mass is 35.5. The van der Waals surface area contributed by atoms with Gasteiger partial charge in [0, 0.05) is 18.3 Å². The number of carbonyl (C=O) groups excluding carboxylic acids is 1. The molecule has 0 fully saturated rings. The van der Waals surface area contributed by atoms with E-state index in [0.29, 0.717) is 5.02 Å². The maximum atomic E-state index is 12.1. The second-order valence-electron chi connectivity index (χ2n) is 3.79. The molecule has 0 unspecified atom stereocenters. The Morgan fingerprint density at radius 3 is 2.55 bits per heavy atom. The van der Waals surface area contributed by atoms with Crippen molar-refractivity contribution in [2.75, 3.05) is 11.8 Å². The van der Waals surface area contributed by atoms with Crippen LogP contribution in [0.5, 0.6) is 0 Å². The fourth-order valence-corrected chi connectivity index (χ4v) is 2.66. The zero-order chi connectivity index (χ0) is 14.8. The first-order valence-electron chi connectivity index (χ1n) is 5.48. The van der Waals surface area contributed by atoms with Crippen LogP contribution in [-0.2, 0) is 10.0 Å². The minimum absolute atomic E-state index is 0.0333. The Bertz CT molecular complexity index is 724. The van der Waals surface area contributed by atoms with Crippen LogP contribution >= 0.6 is 11.6 Å². The number of carbonyl (C=O) groups is 1. The molecule has 1 aromatic carbocycles. The van der Waals surface area contributed by atoms with Gasteiger partial charge < -0.3 is 5.32 Å². The van der Waals surface area contributed by atoms with E-state index in [-0.39, 0.29) is 16.3 Å². The van der Waals surface area contributed by atoms with Gasteiger partial charge in [0.1, 0.15) is 0 Å². The van der Waals surface area contributed by atoms with Crippen LogP contribution in [0.15, 0.2) is 35.4 Å². The van der Waals surface area contributed by atoms with E-state index in [4.69, 9.17) is 11.6 Å².